The first-order chi connectivity index (χ1) is 15.6. The molecule has 4 aromatic rings. The summed E-state index contributed by atoms with van der Waals surface area (Å²) in [6.07, 6.45) is 4.81. The molecular weight excluding hydrogens is 404 g/mol. The molecule has 0 unspecified atom stereocenters. The molecule has 0 saturated carbocycles. The van der Waals surface area contributed by atoms with Crippen molar-refractivity contribution in [1.82, 2.24) is 15.0 Å². The molecule has 0 aliphatic heterocycles. The molecular formula is C24H21BFN5O. The standard InChI is InChI=1S/C24H21BFN5O/c25-19-6-9-22(27-14-19)16-31(15-17-4-2-1-3-5-17)24-28-12-18(13-29-24)23(32)30-21-10-7-20(26)8-11-21/h1-14H,15-16,25H2,(H,30,32). The fraction of sp³-hybridized carbons (Fsp3) is 0.0833. The zero-order chi connectivity index (χ0) is 22.3. The van der Waals surface area contributed by atoms with E-state index in [9.17, 15) is 9.18 Å². The van der Waals surface area contributed by atoms with Crippen molar-refractivity contribution in [2.24, 2.45) is 0 Å². The second kappa shape index (κ2) is 9.83. The van der Waals surface area contributed by atoms with Gasteiger partial charge in [-0.3, -0.25) is 9.78 Å². The lowest BCUT2D eigenvalue weighted by molar-refractivity contribution is 0.102. The molecule has 8 heteroatoms. The van der Waals surface area contributed by atoms with Crippen molar-refractivity contribution >= 4 is 30.9 Å². The third-order valence-electron chi connectivity index (χ3n) is 4.83. The SMILES string of the molecule is Bc1ccc(CN(Cc2ccccc2)c2ncc(C(=O)Nc3ccc(F)cc3)cn2)nc1. The maximum absolute atomic E-state index is 13.1. The molecule has 1 amide bonds. The van der Waals surface area contributed by atoms with Gasteiger partial charge in [0.05, 0.1) is 17.8 Å². The van der Waals surface area contributed by atoms with Crippen LogP contribution in [0.4, 0.5) is 16.0 Å². The van der Waals surface area contributed by atoms with Gasteiger partial charge in [0, 0.05) is 30.8 Å². The normalized spacial score (nSPS) is 10.5. The molecule has 0 fully saturated rings. The van der Waals surface area contributed by atoms with Gasteiger partial charge in [0.2, 0.25) is 5.95 Å². The Labute approximate surface area is 186 Å². The first-order valence-corrected chi connectivity index (χ1v) is 10.2. The molecule has 158 valence electrons. The summed E-state index contributed by atoms with van der Waals surface area (Å²) in [5.74, 6) is -0.232. The number of anilines is 2. The molecule has 0 radical (unpaired) electrons. The summed E-state index contributed by atoms with van der Waals surface area (Å²) in [5.41, 5.74) is 3.91. The highest BCUT2D eigenvalue weighted by molar-refractivity contribution is 6.32. The molecule has 4 rings (SSSR count). The van der Waals surface area contributed by atoms with Gasteiger partial charge in [-0.25, -0.2) is 14.4 Å². The summed E-state index contributed by atoms with van der Waals surface area (Å²) >= 11 is 0. The third kappa shape index (κ3) is 5.54. The van der Waals surface area contributed by atoms with Gasteiger partial charge in [-0.15, -0.1) is 0 Å². The highest BCUT2D eigenvalue weighted by atomic mass is 19.1. The zero-order valence-corrected chi connectivity index (χ0v) is 17.6. The van der Waals surface area contributed by atoms with Crippen LogP contribution in [0.15, 0.2) is 85.3 Å². The lowest BCUT2D eigenvalue weighted by Gasteiger charge is -2.22. The van der Waals surface area contributed by atoms with Gasteiger partial charge < -0.3 is 10.2 Å². The topological polar surface area (TPSA) is 71.0 Å². The van der Waals surface area contributed by atoms with Gasteiger partial charge in [0.25, 0.3) is 5.91 Å². The van der Waals surface area contributed by atoms with Gasteiger partial charge in [-0.05, 0) is 35.9 Å². The number of aromatic nitrogens is 3. The molecule has 0 aliphatic carbocycles. The van der Waals surface area contributed by atoms with E-state index in [1.165, 1.54) is 36.7 Å². The smallest absolute Gasteiger partial charge is 0.258 e. The summed E-state index contributed by atoms with van der Waals surface area (Å²) in [4.78, 5) is 27.9. The van der Waals surface area contributed by atoms with Crippen molar-refractivity contribution in [3.63, 3.8) is 0 Å². The molecule has 2 aromatic carbocycles. The Balaban J connectivity index is 1.52. The van der Waals surface area contributed by atoms with E-state index in [1.807, 2.05) is 61.4 Å². The van der Waals surface area contributed by atoms with Crippen LogP contribution in [0.5, 0.6) is 0 Å². The Morgan fingerprint density at radius 1 is 0.875 bits per heavy atom. The van der Waals surface area contributed by atoms with E-state index in [0.717, 1.165) is 16.7 Å². The maximum Gasteiger partial charge on any atom is 0.258 e. The van der Waals surface area contributed by atoms with Crippen LogP contribution >= 0.6 is 0 Å². The molecule has 2 heterocycles. The molecule has 2 aromatic heterocycles. The number of nitrogens with zero attached hydrogens (tertiary/aromatic N) is 4. The van der Waals surface area contributed by atoms with Gasteiger partial charge in [0.1, 0.15) is 13.7 Å². The molecule has 0 aliphatic rings. The quantitative estimate of drug-likeness (QED) is 0.461. The summed E-state index contributed by atoms with van der Waals surface area (Å²) in [6, 6.07) is 19.6. The fourth-order valence-electron chi connectivity index (χ4n) is 3.13. The van der Waals surface area contributed by atoms with Gasteiger partial charge in [-0.1, -0.05) is 41.9 Å². The molecule has 0 bridgehead atoms. The monoisotopic (exact) mass is 425 g/mol. The molecule has 0 atom stereocenters. The van der Waals surface area contributed by atoms with Crippen LogP contribution in [0.25, 0.3) is 0 Å². The largest absolute Gasteiger partial charge is 0.331 e. The van der Waals surface area contributed by atoms with Crippen LogP contribution in [0.1, 0.15) is 21.6 Å². The second-order valence-corrected chi connectivity index (χ2v) is 7.40. The number of hydrogen-bond donors (Lipinski definition) is 1. The van der Waals surface area contributed by atoms with Crippen molar-refractivity contribution in [3.05, 3.63) is 108 Å². The Kier molecular flexibility index (Phi) is 6.50. The number of hydrogen-bond acceptors (Lipinski definition) is 5. The van der Waals surface area contributed by atoms with Crippen LogP contribution in [0.2, 0.25) is 0 Å². The van der Waals surface area contributed by atoms with E-state index in [1.54, 1.807) is 0 Å². The fourth-order valence-corrected chi connectivity index (χ4v) is 3.13. The number of rotatable bonds is 7. The lowest BCUT2D eigenvalue weighted by atomic mass is 9.99. The Bertz CT molecular complexity index is 1170. The molecule has 0 spiro atoms. The second-order valence-electron chi connectivity index (χ2n) is 7.40. The Morgan fingerprint density at radius 2 is 1.59 bits per heavy atom. The zero-order valence-electron chi connectivity index (χ0n) is 17.6. The van der Waals surface area contributed by atoms with Crippen molar-refractivity contribution in [1.29, 1.82) is 0 Å². The van der Waals surface area contributed by atoms with Crippen molar-refractivity contribution in [2.75, 3.05) is 10.2 Å². The van der Waals surface area contributed by atoms with E-state index in [2.05, 4.69) is 20.3 Å². The minimum atomic E-state index is -0.364. The predicted molar refractivity (Wildman–Crippen MR) is 125 cm³/mol. The van der Waals surface area contributed by atoms with Crippen LogP contribution in [0, 0.1) is 5.82 Å². The number of pyridine rings is 1. The summed E-state index contributed by atoms with van der Waals surface area (Å²) < 4.78 is 13.1. The maximum atomic E-state index is 13.1. The molecule has 6 nitrogen and oxygen atoms in total. The highest BCUT2D eigenvalue weighted by Crippen LogP contribution is 2.16. The number of amides is 1. The van der Waals surface area contributed by atoms with E-state index < -0.39 is 0 Å². The number of carbonyl (C=O) groups is 1. The Morgan fingerprint density at radius 3 is 2.25 bits per heavy atom. The first-order valence-electron chi connectivity index (χ1n) is 10.2. The number of benzene rings is 2. The van der Waals surface area contributed by atoms with Crippen LogP contribution < -0.4 is 15.7 Å². The van der Waals surface area contributed by atoms with Gasteiger partial charge >= 0.3 is 0 Å². The predicted octanol–water partition coefficient (Wildman–Crippen LogP) is 2.73. The van der Waals surface area contributed by atoms with Crippen LogP contribution in [-0.2, 0) is 13.1 Å². The molecule has 0 saturated heterocycles. The number of halogens is 1. The third-order valence-corrected chi connectivity index (χ3v) is 4.83. The summed E-state index contributed by atoms with van der Waals surface area (Å²) in [5, 5.41) is 2.71. The first kappa shape index (κ1) is 21.2. The summed E-state index contributed by atoms with van der Waals surface area (Å²) in [6.45, 7) is 1.12. The minimum Gasteiger partial charge on any atom is -0.331 e. The minimum absolute atomic E-state index is 0.311. The van der Waals surface area contributed by atoms with Gasteiger partial charge in [0.15, 0.2) is 0 Å². The van der Waals surface area contributed by atoms with Gasteiger partial charge in [-0.2, -0.15) is 0 Å². The molecule has 1 N–H and O–H groups in total. The van der Waals surface area contributed by atoms with E-state index >= 15 is 0 Å². The Hall–Kier alpha value is -4.07. The van der Waals surface area contributed by atoms with Crippen LogP contribution in [0.3, 0.4) is 0 Å². The highest BCUT2D eigenvalue weighted by Gasteiger charge is 2.14. The molecule has 32 heavy (non-hydrogen) atoms. The van der Waals surface area contributed by atoms with Crippen molar-refractivity contribution in [3.8, 4) is 0 Å². The van der Waals surface area contributed by atoms with Crippen LogP contribution in [-0.4, -0.2) is 28.7 Å². The summed E-state index contributed by atoms with van der Waals surface area (Å²) in [7, 11) is 2.00. The van der Waals surface area contributed by atoms with Crippen molar-refractivity contribution < 1.29 is 9.18 Å². The lowest BCUT2D eigenvalue weighted by Crippen LogP contribution is -2.25. The average molecular weight is 425 g/mol. The van der Waals surface area contributed by atoms with E-state index in [0.29, 0.717) is 30.3 Å². The number of carbonyl (C=O) groups excluding carboxylic acids is 1. The average Bonchev–Trinajstić information content (AvgIpc) is 2.82. The van der Waals surface area contributed by atoms with E-state index in [4.69, 9.17) is 0 Å². The number of nitrogens with one attached hydrogen (secondary N) is 1. The van der Waals surface area contributed by atoms with E-state index in [-0.39, 0.29) is 11.7 Å². The van der Waals surface area contributed by atoms with Crippen molar-refractivity contribution in [2.45, 2.75) is 13.1 Å².